The summed E-state index contributed by atoms with van der Waals surface area (Å²) in [6.45, 7) is 3.50. The predicted octanol–water partition coefficient (Wildman–Crippen LogP) is 3.46. The summed E-state index contributed by atoms with van der Waals surface area (Å²) in [5, 5.41) is 0.787. The van der Waals surface area contributed by atoms with Crippen LogP contribution in [0.25, 0.3) is 0 Å². The Balaban J connectivity index is 1.47. The molecular weight excluding hydrogens is 335 g/mol. The van der Waals surface area contributed by atoms with Crippen molar-refractivity contribution < 1.29 is 9.53 Å². The Labute approximate surface area is 147 Å². The number of hydrogen-bond acceptors (Lipinski definition) is 3. The maximum Gasteiger partial charge on any atom is 0.260 e. The number of hydrogen-bond donors (Lipinski definition) is 0. The van der Waals surface area contributed by atoms with Gasteiger partial charge in [0.2, 0.25) is 0 Å². The van der Waals surface area contributed by atoms with Crippen LogP contribution in [0.1, 0.15) is 25.7 Å². The van der Waals surface area contributed by atoms with E-state index in [1.165, 1.54) is 25.7 Å². The highest BCUT2D eigenvalue weighted by molar-refractivity contribution is 6.42. The van der Waals surface area contributed by atoms with Crippen LogP contribution in [0, 0.1) is 0 Å². The Kier molecular flexibility index (Phi) is 5.67. The molecule has 1 heterocycles. The van der Waals surface area contributed by atoms with Gasteiger partial charge in [0.1, 0.15) is 10.8 Å². The molecule has 0 aromatic heterocycles. The summed E-state index contributed by atoms with van der Waals surface area (Å²) in [6.07, 6.45) is 5.31. The van der Waals surface area contributed by atoms with Crippen LogP contribution in [-0.4, -0.2) is 54.5 Å². The first-order valence-electron chi connectivity index (χ1n) is 8.24. The SMILES string of the molecule is O=C(COc1cccc(Cl)c1Cl)N1CCN(C2CCCC2)CC1. The third-order valence-corrected chi connectivity index (χ3v) is 5.58. The monoisotopic (exact) mass is 356 g/mol. The minimum absolute atomic E-state index is 0.00346. The maximum atomic E-state index is 12.3. The molecule has 1 saturated carbocycles. The van der Waals surface area contributed by atoms with Crippen LogP contribution >= 0.6 is 23.2 Å². The maximum absolute atomic E-state index is 12.3. The van der Waals surface area contributed by atoms with Crippen molar-refractivity contribution in [2.75, 3.05) is 32.8 Å². The topological polar surface area (TPSA) is 32.8 Å². The summed E-state index contributed by atoms with van der Waals surface area (Å²) in [4.78, 5) is 16.7. The van der Waals surface area contributed by atoms with E-state index >= 15 is 0 Å². The van der Waals surface area contributed by atoms with E-state index in [0.29, 0.717) is 15.8 Å². The number of benzene rings is 1. The predicted molar refractivity (Wildman–Crippen MR) is 92.4 cm³/mol. The fourth-order valence-corrected chi connectivity index (χ4v) is 3.78. The number of carbonyl (C=O) groups excluding carboxylic acids is 1. The highest BCUT2D eigenvalue weighted by Gasteiger charge is 2.27. The number of rotatable bonds is 4. The summed E-state index contributed by atoms with van der Waals surface area (Å²) in [6, 6.07) is 5.91. The lowest BCUT2D eigenvalue weighted by molar-refractivity contribution is -0.135. The molecule has 126 valence electrons. The van der Waals surface area contributed by atoms with Gasteiger partial charge in [-0.25, -0.2) is 0 Å². The van der Waals surface area contributed by atoms with Gasteiger partial charge in [-0.05, 0) is 25.0 Å². The smallest absolute Gasteiger partial charge is 0.260 e. The number of nitrogens with zero attached hydrogens (tertiary/aromatic N) is 2. The summed E-state index contributed by atoms with van der Waals surface area (Å²) in [5.74, 6) is 0.462. The average molecular weight is 357 g/mol. The average Bonchev–Trinajstić information content (AvgIpc) is 3.10. The van der Waals surface area contributed by atoms with Gasteiger partial charge in [0, 0.05) is 32.2 Å². The van der Waals surface area contributed by atoms with E-state index in [2.05, 4.69) is 4.90 Å². The Bertz CT molecular complexity index is 554. The molecule has 4 nitrogen and oxygen atoms in total. The largest absolute Gasteiger partial charge is 0.482 e. The molecule has 2 fully saturated rings. The molecule has 0 atom stereocenters. The Morgan fingerprint density at radius 3 is 2.52 bits per heavy atom. The Hall–Kier alpha value is -0.970. The number of halogens is 2. The van der Waals surface area contributed by atoms with Gasteiger partial charge in [0.05, 0.1) is 5.02 Å². The van der Waals surface area contributed by atoms with Gasteiger partial charge in [-0.2, -0.15) is 0 Å². The molecule has 1 aliphatic carbocycles. The second-order valence-corrected chi connectivity index (χ2v) is 6.98. The quantitative estimate of drug-likeness (QED) is 0.827. The third-order valence-electron chi connectivity index (χ3n) is 4.78. The fraction of sp³-hybridized carbons (Fsp3) is 0.588. The highest BCUT2D eigenvalue weighted by Crippen LogP contribution is 2.31. The fourth-order valence-electron chi connectivity index (χ4n) is 3.43. The summed E-state index contributed by atoms with van der Waals surface area (Å²) >= 11 is 12.0. The van der Waals surface area contributed by atoms with Crippen molar-refractivity contribution in [1.82, 2.24) is 9.80 Å². The van der Waals surface area contributed by atoms with Gasteiger partial charge < -0.3 is 9.64 Å². The number of amides is 1. The van der Waals surface area contributed by atoms with Crippen LogP contribution < -0.4 is 4.74 Å². The second kappa shape index (κ2) is 7.73. The van der Waals surface area contributed by atoms with Crippen molar-refractivity contribution in [3.05, 3.63) is 28.2 Å². The first-order valence-corrected chi connectivity index (χ1v) is 8.99. The zero-order valence-electron chi connectivity index (χ0n) is 13.1. The lowest BCUT2D eigenvalue weighted by atomic mass is 10.2. The van der Waals surface area contributed by atoms with E-state index in [4.69, 9.17) is 27.9 Å². The molecule has 0 radical (unpaired) electrons. The zero-order chi connectivity index (χ0) is 16.2. The minimum atomic E-state index is 0.00346. The highest BCUT2D eigenvalue weighted by atomic mass is 35.5. The molecule has 1 aliphatic heterocycles. The van der Waals surface area contributed by atoms with Gasteiger partial charge in [-0.3, -0.25) is 9.69 Å². The van der Waals surface area contributed by atoms with Crippen LogP contribution in [-0.2, 0) is 4.79 Å². The molecule has 1 aromatic carbocycles. The molecule has 3 rings (SSSR count). The molecule has 0 N–H and O–H groups in total. The molecule has 23 heavy (non-hydrogen) atoms. The first-order chi connectivity index (χ1) is 11.1. The molecule has 6 heteroatoms. The third kappa shape index (κ3) is 4.11. The zero-order valence-corrected chi connectivity index (χ0v) is 14.7. The lowest BCUT2D eigenvalue weighted by Gasteiger charge is -2.38. The lowest BCUT2D eigenvalue weighted by Crippen LogP contribution is -2.52. The van der Waals surface area contributed by atoms with E-state index in [-0.39, 0.29) is 12.5 Å². The van der Waals surface area contributed by atoms with Crippen molar-refractivity contribution >= 4 is 29.1 Å². The first kappa shape index (κ1) is 16.9. The summed E-state index contributed by atoms with van der Waals surface area (Å²) < 4.78 is 5.54. The molecule has 1 aromatic rings. The van der Waals surface area contributed by atoms with E-state index in [1.807, 2.05) is 4.90 Å². The summed E-state index contributed by atoms with van der Waals surface area (Å²) in [5.41, 5.74) is 0. The van der Waals surface area contributed by atoms with Crippen molar-refractivity contribution in [2.45, 2.75) is 31.7 Å². The molecule has 2 aliphatic rings. The van der Waals surface area contributed by atoms with Gasteiger partial charge in [0.25, 0.3) is 5.91 Å². The standard InChI is InChI=1S/C17H22Cl2N2O2/c18-14-6-3-7-15(17(14)19)23-12-16(22)21-10-8-20(9-11-21)13-4-1-2-5-13/h3,6-7,13H,1-2,4-5,8-12H2. The number of piperazine rings is 1. The van der Waals surface area contributed by atoms with Crippen molar-refractivity contribution in [2.24, 2.45) is 0 Å². The molecule has 0 bridgehead atoms. The van der Waals surface area contributed by atoms with Crippen LogP contribution in [0.3, 0.4) is 0 Å². The second-order valence-electron chi connectivity index (χ2n) is 6.20. The van der Waals surface area contributed by atoms with Gasteiger partial charge >= 0.3 is 0 Å². The Morgan fingerprint density at radius 1 is 1.13 bits per heavy atom. The normalized spacial score (nSPS) is 20.0. The van der Waals surface area contributed by atoms with E-state index < -0.39 is 0 Å². The van der Waals surface area contributed by atoms with Crippen LogP contribution in [0.2, 0.25) is 10.0 Å². The molecule has 1 amide bonds. The van der Waals surface area contributed by atoms with Crippen LogP contribution in [0.4, 0.5) is 0 Å². The van der Waals surface area contributed by atoms with E-state index in [0.717, 1.165) is 32.2 Å². The Morgan fingerprint density at radius 2 is 1.83 bits per heavy atom. The van der Waals surface area contributed by atoms with Crippen LogP contribution in [0.15, 0.2) is 18.2 Å². The van der Waals surface area contributed by atoms with Crippen molar-refractivity contribution in [1.29, 1.82) is 0 Å². The number of ether oxygens (including phenoxy) is 1. The van der Waals surface area contributed by atoms with E-state index in [9.17, 15) is 4.79 Å². The molecular formula is C17H22Cl2N2O2. The van der Waals surface area contributed by atoms with Crippen molar-refractivity contribution in [3.63, 3.8) is 0 Å². The van der Waals surface area contributed by atoms with Gasteiger partial charge in [0.15, 0.2) is 6.61 Å². The van der Waals surface area contributed by atoms with Gasteiger partial charge in [-0.1, -0.05) is 42.1 Å². The molecule has 0 spiro atoms. The van der Waals surface area contributed by atoms with E-state index in [1.54, 1.807) is 18.2 Å². The van der Waals surface area contributed by atoms with Gasteiger partial charge in [-0.15, -0.1) is 0 Å². The molecule has 1 saturated heterocycles. The number of carbonyl (C=O) groups is 1. The molecule has 0 unspecified atom stereocenters. The summed E-state index contributed by atoms with van der Waals surface area (Å²) in [7, 11) is 0. The minimum Gasteiger partial charge on any atom is -0.482 e. The van der Waals surface area contributed by atoms with Crippen molar-refractivity contribution in [3.8, 4) is 5.75 Å². The van der Waals surface area contributed by atoms with Crippen LogP contribution in [0.5, 0.6) is 5.75 Å².